The van der Waals surface area contributed by atoms with Crippen LogP contribution < -0.4 is 10.1 Å². The Morgan fingerprint density at radius 1 is 1.00 bits per heavy atom. The zero-order chi connectivity index (χ0) is 30.0. The molecule has 1 aliphatic heterocycles. The molecule has 0 aliphatic carbocycles. The number of aryl methyl sites for hydroxylation is 1. The molecule has 4 atom stereocenters. The molecular formula is C33H29N3O5S. The second-order valence-electron chi connectivity index (χ2n) is 10.4. The van der Waals surface area contributed by atoms with Gasteiger partial charge in [0, 0.05) is 11.6 Å². The van der Waals surface area contributed by atoms with Gasteiger partial charge >= 0.3 is 12.0 Å². The van der Waals surface area contributed by atoms with Crippen LogP contribution in [0.15, 0.2) is 90.3 Å². The van der Waals surface area contributed by atoms with Crippen LogP contribution in [0.25, 0.3) is 0 Å². The Morgan fingerprint density at radius 3 is 2.29 bits per heavy atom. The average Bonchev–Trinajstić information content (AvgIpc) is 3.63. The van der Waals surface area contributed by atoms with Crippen LogP contribution in [0, 0.1) is 24.2 Å². The van der Waals surface area contributed by atoms with Crippen LogP contribution in [0.5, 0.6) is 5.75 Å². The van der Waals surface area contributed by atoms with E-state index in [1.54, 1.807) is 66.0 Å². The highest BCUT2D eigenvalue weighted by molar-refractivity contribution is 7.12. The minimum Gasteiger partial charge on any atom is -0.497 e. The van der Waals surface area contributed by atoms with Gasteiger partial charge in [0.1, 0.15) is 11.3 Å². The number of benzene rings is 3. The quantitative estimate of drug-likeness (QED) is 0.237. The number of likely N-dealkylation sites (tertiary alicyclic amines) is 1. The smallest absolute Gasteiger partial charge is 0.330 e. The number of hydrogen-bond donors (Lipinski definition) is 2. The van der Waals surface area contributed by atoms with Gasteiger partial charge in [-0.2, -0.15) is 5.26 Å². The molecule has 0 saturated carbocycles. The number of carbonyl (C=O) groups is 3. The fourth-order valence-electron chi connectivity index (χ4n) is 5.95. The maximum atomic E-state index is 14.4. The largest absolute Gasteiger partial charge is 0.497 e. The van der Waals surface area contributed by atoms with Crippen molar-refractivity contribution in [3.63, 3.8) is 0 Å². The van der Waals surface area contributed by atoms with Crippen LogP contribution in [0.4, 0.5) is 10.5 Å². The highest BCUT2D eigenvalue weighted by atomic mass is 32.1. The van der Waals surface area contributed by atoms with Crippen molar-refractivity contribution in [2.24, 2.45) is 5.92 Å². The summed E-state index contributed by atoms with van der Waals surface area (Å²) in [6.07, 6.45) is 0. The molecule has 0 bridgehead atoms. The van der Waals surface area contributed by atoms with Gasteiger partial charge in [-0.1, -0.05) is 48.0 Å². The SMILES string of the molecule is COc1ccc(NC(=O)N2C(c3cccc(C)c3)C(C(=O)c3cccs3)C(c3ccc(C#N)cc3)C2(C)C(=O)O)cc1. The van der Waals surface area contributed by atoms with Crippen molar-refractivity contribution < 1.29 is 24.2 Å². The molecule has 0 spiro atoms. The summed E-state index contributed by atoms with van der Waals surface area (Å²) in [5.74, 6) is -2.78. The number of carboxylic acids is 1. The first-order chi connectivity index (χ1) is 20.2. The fraction of sp³-hybridized carbons (Fsp3) is 0.212. The van der Waals surface area contributed by atoms with E-state index in [0.717, 1.165) is 5.56 Å². The lowest BCUT2D eigenvalue weighted by Crippen LogP contribution is -2.55. The number of anilines is 1. The van der Waals surface area contributed by atoms with Crippen LogP contribution in [0.2, 0.25) is 0 Å². The molecule has 2 amide bonds. The summed E-state index contributed by atoms with van der Waals surface area (Å²) >= 11 is 1.27. The molecule has 1 fully saturated rings. The van der Waals surface area contributed by atoms with E-state index < -0.39 is 35.4 Å². The van der Waals surface area contributed by atoms with E-state index in [4.69, 9.17) is 4.74 Å². The number of nitrogens with zero attached hydrogens (tertiary/aromatic N) is 2. The Kier molecular flexibility index (Phi) is 7.83. The van der Waals surface area contributed by atoms with Crippen LogP contribution in [0.3, 0.4) is 0 Å². The van der Waals surface area contributed by atoms with Crippen molar-refractivity contribution in [2.45, 2.75) is 31.3 Å². The van der Waals surface area contributed by atoms with E-state index in [-0.39, 0.29) is 5.78 Å². The number of nitriles is 1. The number of nitrogens with one attached hydrogen (secondary N) is 1. The van der Waals surface area contributed by atoms with Crippen molar-refractivity contribution in [1.82, 2.24) is 4.90 Å². The van der Waals surface area contributed by atoms with E-state index in [1.807, 2.05) is 31.2 Å². The predicted octanol–water partition coefficient (Wildman–Crippen LogP) is 6.65. The maximum Gasteiger partial charge on any atom is 0.330 e. The zero-order valence-corrected chi connectivity index (χ0v) is 24.1. The third-order valence-electron chi connectivity index (χ3n) is 7.93. The first kappa shape index (κ1) is 28.6. The summed E-state index contributed by atoms with van der Waals surface area (Å²) in [5.41, 5.74) is 1.10. The normalized spacial score (nSPS) is 21.4. The first-order valence-electron chi connectivity index (χ1n) is 13.3. The molecule has 8 nitrogen and oxygen atoms in total. The number of carbonyl (C=O) groups excluding carboxylic acids is 2. The Morgan fingerprint density at radius 2 is 1.71 bits per heavy atom. The molecule has 1 aliphatic rings. The highest BCUT2D eigenvalue weighted by Gasteiger charge is 2.65. The minimum atomic E-state index is -1.85. The summed E-state index contributed by atoms with van der Waals surface area (Å²) in [4.78, 5) is 43.8. The highest BCUT2D eigenvalue weighted by Crippen LogP contribution is 2.57. The number of amides is 2. The molecule has 4 unspecified atom stereocenters. The topological polar surface area (TPSA) is 120 Å². The fourth-order valence-corrected chi connectivity index (χ4v) is 6.66. The van der Waals surface area contributed by atoms with Gasteiger partial charge in [-0.3, -0.25) is 9.69 Å². The number of methoxy groups -OCH3 is 1. The van der Waals surface area contributed by atoms with Crippen molar-refractivity contribution in [3.8, 4) is 11.8 Å². The predicted molar refractivity (Wildman–Crippen MR) is 160 cm³/mol. The number of ketones is 1. The van der Waals surface area contributed by atoms with Crippen molar-refractivity contribution in [3.05, 3.63) is 117 Å². The molecule has 1 aromatic heterocycles. The third-order valence-corrected chi connectivity index (χ3v) is 8.81. The summed E-state index contributed by atoms with van der Waals surface area (Å²) in [6, 6.07) is 24.7. The lowest BCUT2D eigenvalue weighted by Gasteiger charge is -2.37. The molecule has 9 heteroatoms. The number of urea groups is 1. The van der Waals surface area contributed by atoms with Crippen LogP contribution in [-0.4, -0.2) is 40.4 Å². The van der Waals surface area contributed by atoms with E-state index in [9.17, 15) is 24.8 Å². The van der Waals surface area contributed by atoms with Gasteiger partial charge in [0.25, 0.3) is 0 Å². The average molecular weight is 580 g/mol. The standard InChI is InChI=1S/C33H29N3O5S/c1-20-6-4-7-23(18-20)29-27(30(37)26-8-5-17-42-26)28(22-11-9-21(19-34)10-12-22)33(2,31(38)39)36(29)32(40)35-24-13-15-25(41-3)16-14-24/h4-18,27-29H,1-3H3,(H,35,40)(H,38,39). The van der Waals surface area contributed by atoms with Gasteiger partial charge in [0.05, 0.1) is 35.6 Å². The molecule has 0 radical (unpaired) electrons. The molecule has 5 rings (SSSR count). The van der Waals surface area contributed by atoms with E-state index >= 15 is 0 Å². The Labute approximate surface area is 247 Å². The molecular weight excluding hydrogens is 550 g/mol. The second kappa shape index (κ2) is 11.5. The van der Waals surface area contributed by atoms with E-state index in [0.29, 0.717) is 33.0 Å². The molecule has 1 saturated heterocycles. The monoisotopic (exact) mass is 579 g/mol. The number of aliphatic carboxylic acids is 1. The number of thiophene rings is 1. The van der Waals surface area contributed by atoms with E-state index in [2.05, 4.69) is 11.4 Å². The summed E-state index contributed by atoms with van der Waals surface area (Å²) < 4.78 is 5.22. The van der Waals surface area contributed by atoms with Gasteiger partial charge in [-0.05, 0) is 72.8 Å². The lowest BCUT2D eigenvalue weighted by molar-refractivity contribution is -0.148. The molecule has 2 N–H and O–H groups in total. The van der Waals surface area contributed by atoms with Crippen LogP contribution >= 0.6 is 11.3 Å². The first-order valence-corrected chi connectivity index (χ1v) is 14.2. The minimum absolute atomic E-state index is 0.252. The molecule has 3 aromatic carbocycles. The number of rotatable bonds is 7. The van der Waals surface area contributed by atoms with Crippen molar-refractivity contribution >= 4 is 34.8 Å². The number of hydrogen-bond acceptors (Lipinski definition) is 6. The van der Waals surface area contributed by atoms with Gasteiger partial charge in [0.15, 0.2) is 5.78 Å². The maximum absolute atomic E-state index is 14.4. The van der Waals surface area contributed by atoms with Gasteiger partial charge in [-0.25, -0.2) is 9.59 Å². The van der Waals surface area contributed by atoms with Crippen LogP contribution in [0.1, 0.15) is 50.8 Å². The Balaban J connectivity index is 1.74. The molecule has 42 heavy (non-hydrogen) atoms. The summed E-state index contributed by atoms with van der Waals surface area (Å²) in [5, 5.41) is 25.0. The van der Waals surface area contributed by atoms with Crippen LogP contribution in [-0.2, 0) is 4.79 Å². The van der Waals surface area contributed by atoms with Gasteiger partial charge in [0.2, 0.25) is 0 Å². The van der Waals surface area contributed by atoms with Crippen molar-refractivity contribution in [1.29, 1.82) is 5.26 Å². The summed E-state index contributed by atoms with van der Waals surface area (Å²) in [7, 11) is 1.54. The second-order valence-corrected chi connectivity index (χ2v) is 11.4. The number of Topliss-reactive ketones (excluding diaryl/α,β-unsaturated/α-hetero) is 1. The lowest BCUT2D eigenvalue weighted by atomic mass is 9.72. The Bertz CT molecular complexity index is 1660. The zero-order valence-electron chi connectivity index (χ0n) is 23.3. The van der Waals surface area contributed by atoms with Gasteiger partial charge < -0.3 is 15.2 Å². The molecule has 212 valence electrons. The third kappa shape index (κ3) is 5.01. The molecule has 2 heterocycles. The number of ether oxygens (including phenoxy) is 1. The number of carboxylic acid groups (broad SMARTS) is 1. The summed E-state index contributed by atoms with van der Waals surface area (Å²) in [6.45, 7) is 3.40. The Hall–Kier alpha value is -4.94. The van der Waals surface area contributed by atoms with E-state index in [1.165, 1.54) is 30.3 Å². The van der Waals surface area contributed by atoms with Crippen molar-refractivity contribution in [2.75, 3.05) is 12.4 Å². The van der Waals surface area contributed by atoms with Gasteiger partial charge in [-0.15, -0.1) is 11.3 Å². The molecule has 4 aromatic rings.